The summed E-state index contributed by atoms with van der Waals surface area (Å²) in [7, 11) is 0. The number of anilines is 1. The van der Waals surface area contributed by atoms with Crippen molar-refractivity contribution < 1.29 is 0 Å². The molecule has 3 rings (SSSR count). The molecule has 1 nitrogen and oxygen atoms in total. The van der Waals surface area contributed by atoms with Gasteiger partial charge in [0.1, 0.15) is 0 Å². The molecule has 1 aromatic carbocycles. The third kappa shape index (κ3) is 6.87. The summed E-state index contributed by atoms with van der Waals surface area (Å²) in [5.41, 5.74) is 4.58. The van der Waals surface area contributed by atoms with Crippen molar-refractivity contribution >= 4 is 5.69 Å². The summed E-state index contributed by atoms with van der Waals surface area (Å²) in [6.07, 6.45) is 19.2. The second kappa shape index (κ2) is 12.1. The number of hydrogen-bond donors (Lipinski definition) is 1. The van der Waals surface area contributed by atoms with E-state index in [-0.39, 0.29) is 0 Å². The van der Waals surface area contributed by atoms with Crippen molar-refractivity contribution in [2.45, 2.75) is 95.8 Å². The van der Waals surface area contributed by atoms with Gasteiger partial charge in [-0.15, -0.1) is 0 Å². The van der Waals surface area contributed by atoms with Crippen molar-refractivity contribution in [1.29, 1.82) is 0 Å². The van der Waals surface area contributed by atoms with Gasteiger partial charge in [0.15, 0.2) is 0 Å². The molecule has 0 bridgehead atoms. The van der Waals surface area contributed by atoms with Crippen LogP contribution in [-0.2, 0) is 6.42 Å². The van der Waals surface area contributed by atoms with Crippen LogP contribution in [0.3, 0.4) is 0 Å². The highest BCUT2D eigenvalue weighted by molar-refractivity contribution is 5.57. The van der Waals surface area contributed by atoms with Gasteiger partial charge in [0, 0.05) is 12.2 Å². The highest BCUT2D eigenvalue weighted by Crippen LogP contribution is 2.36. The predicted molar refractivity (Wildman–Crippen MR) is 119 cm³/mol. The molecular formula is C26H39N. The molecule has 1 N–H and O–H groups in total. The first kappa shape index (κ1) is 20.2. The number of nitrogens with one attached hydrogen (secondary N) is 1. The molecule has 0 radical (unpaired) electrons. The summed E-state index contributed by atoms with van der Waals surface area (Å²) in [6, 6.07) is 15.8. The van der Waals surface area contributed by atoms with Gasteiger partial charge in [-0.2, -0.15) is 0 Å². The number of aryl methyl sites for hydroxylation is 1. The average molecular weight is 366 g/mol. The largest absolute Gasteiger partial charge is 0.385 e. The molecule has 1 heteroatoms. The maximum absolute atomic E-state index is 3.89. The third-order valence-electron chi connectivity index (χ3n) is 6.35. The molecule has 1 aliphatic heterocycles. The van der Waals surface area contributed by atoms with Gasteiger partial charge < -0.3 is 5.32 Å². The van der Waals surface area contributed by atoms with Crippen LogP contribution in [-0.4, -0.2) is 6.54 Å². The molecular weight excluding hydrogens is 326 g/mol. The Morgan fingerprint density at radius 1 is 0.593 bits per heavy atom. The van der Waals surface area contributed by atoms with Crippen molar-refractivity contribution in [3.63, 3.8) is 0 Å². The minimum Gasteiger partial charge on any atom is -0.385 e. The standard InChI is InChI=1S/C26H39N/c1-2-5-11-17-23(18-12-6-3-1)25-21-15-8-4-7-13-19-24-20-14-9-10-16-22-27-26(24)25/h4,7-8,13,15,19,21,23,27H,1-3,5-6,9-12,14,16-18,20,22H2. The molecule has 1 aromatic rings. The van der Waals surface area contributed by atoms with Crippen LogP contribution < -0.4 is 5.32 Å². The van der Waals surface area contributed by atoms with Crippen molar-refractivity contribution in [1.82, 2.24) is 0 Å². The maximum Gasteiger partial charge on any atom is 0.0408 e. The van der Waals surface area contributed by atoms with E-state index >= 15 is 0 Å². The Kier molecular flexibility index (Phi) is 9.04. The van der Waals surface area contributed by atoms with Gasteiger partial charge in [-0.1, -0.05) is 100 Å². The third-order valence-corrected chi connectivity index (χ3v) is 6.35. The zero-order chi connectivity index (χ0) is 18.6. The molecule has 2 aliphatic rings. The van der Waals surface area contributed by atoms with Gasteiger partial charge in [-0.05, 0) is 49.1 Å². The highest BCUT2D eigenvalue weighted by Gasteiger charge is 2.17. The van der Waals surface area contributed by atoms with E-state index in [1.54, 1.807) is 5.56 Å². The van der Waals surface area contributed by atoms with Crippen LogP contribution in [0.1, 0.15) is 101 Å². The van der Waals surface area contributed by atoms with Gasteiger partial charge in [0.2, 0.25) is 0 Å². The Balaban J connectivity index is 2.00. The summed E-state index contributed by atoms with van der Waals surface area (Å²) in [5.74, 6) is 0.711. The summed E-state index contributed by atoms with van der Waals surface area (Å²) in [5, 5.41) is 3.89. The number of hydrogen-bond acceptors (Lipinski definition) is 1. The monoisotopic (exact) mass is 365 g/mol. The lowest BCUT2D eigenvalue weighted by Crippen LogP contribution is -2.09. The summed E-state index contributed by atoms with van der Waals surface area (Å²) >= 11 is 0. The molecule has 0 saturated heterocycles. The first-order chi connectivity index (χ1) is 13.4. The van der Waals surface area contributed by atoms with Crippen LogP contribution in [0.2, 0.25) is 0 Å². The molecule has 1 fully saturated rings. The summed E-state index contributed by atoms with van der Waals surface area (Å²) < 4.78 is 0. The molecule has 0 atom stereocenters. The molecule has 27 heavy (non-hydrogen) atoms. The Labute approximate surface area is 167 Å². The van der Waals surface area contributed by atoms with Gasteiger partial charge >= 0.3 is 0 Å². The average Bonchev–Trinajstić information content (AvgIpc) is 2.81. The van der Waals surface area contributed by atoms with Gasteiger partial charge in [0.25, 0.3) is 0 Å². The maximum atomic E-state index is 3.89. The molecule has 0 unspecified atom stereocenters. The fourth-order valence-corrected chi connectivity index (χ4v) is 4.77. The molecule has 0 amide bonds. The number of rotatable bonds is 1. The fraction of sp³-hybridized carbons (Fsp3) is 0.615. The van der Waals surface area contributed by atoms with E-state index in [2.05, 4.69) is 47.8 Å². The van der Waals surface area contributed by atoms with E-state index in [1.165, 1.54) is 101 Å². The zero-order valence-corrected chi connectivity index (χ0v) is 17.2. The van der Waals surface area contributed by atoms with E-state index in [1.807, 2.05) is 0 Å². The molecule has 0 spiro atoms. The molecule has 0 aromatic heterocycles. The minimum atomic E-state index is 0.711. The van der Waals surface area contributed by atoms with E-state index in [0.717, 1.165) is 6.54 Å². The number of fused-ring (bicyclic) bond motifs is 1. The summed E-state index contributed by atoms with van der Waals surface area (Å²) in [4.78, 5) is 0. The Morgan fingerprint density at radius 3 is 1.96 bits per heavy atom. The van der Waals surface area contributed by atoms with Crippen molar-refractivity contribution in [2.24, 2.45) is 0 Å². The van der Waals surface area contributed by atoms with Crippen molar-refractivity contribution in [3.05, 3.63) is 53.6 Å². The minimum absolute atomic E-state index is 0.711. The molecule has 1 aliphatic carbocycles. The van der Waals surface area contributed by atoms with Gasteiger partial charge in [-0.3, -0.25) is 0 Å². The van der Waals surface area contributed by atoms with E-state index in [9.17, 15) is 0 Å². The van der Waals surface area contributed by atoms with Crippen LogP contribution in [0.25, 0.3) is 0 Å². The summed E-state index contributed by atoms with van der Waals surface area (Å²) in [6.45, 7) is 1.12. The van der Waals surface area contributed by atoms with Gasteiger partial charge in [0.05, 0.1) is 0 Å². The SMILES string of the molecule is c1cccc2c(c(C3CCCCCCCCC3)ccc1)NCCCCCC2. The first-order valence-corrected chi connectivity index (χ1v) is 11.6. The Bertz CT molecular complexity index is 595. The van der Waals surface area contributed by atoms with Crippen LogP contribution in [0, 0.1) is 0 Å². The smallest absolute Gasteiger partial charge is 0.0408 e. The molecule has 1 heterocycles. The van der Waals surface area contributed by atoms with E-state index in [0.29, 0.717) is 5.92 Å². The quantitative estimate of drug-likeness (QED) is 0.532. The van der Waals surface area contributed by atoms with Gasteiger partial charge in [-0.25, -0.2) is 0 Å². The van der Waals surface area contributed by atoms with Crippen LogP contribution in [0.5, 0.6) is 0 Å². The van der Waals surface area contributed by atoms with Crippen molar-refractivity contribution in [3.8, 4) is 0 Å². The zero-order valence-electron chi connectivity index (χ0n) is 17.2. The second-order valence-corrected chi connectivity index (χ2v) is 8.49. The highest BCUT2D eigenvalue weighted by atomic mass is 14.9. The first-order valence-electron chi connectivity index (χ1n) is 11.6. The van der Waals surface area contributed by atoms with E-state index < -0.39 is 0 Å². The predicted octanol–water partition coefficient (Wildman–Crippen LogP) is 7.95. The van der Waals surface area contributed by atoms with Crippen molar-refractivity contribution in [2.75, 3.05) is 11.9 Å². The lowest BCUT2D eigenvalue weighted by atomic mass is 9.85. The second-order valence-electron chi connectivity index (χ2n) is 8.49. The van der Waals surface area contributed by atoms with Crippen LogP contribution in [0.4, 0.5) is 5.69 Å². The normalized spacial score (nSPS) is 20.0. The molecule has 1 saturated carbocycles. The Morgan fingerprint density at radius 2 is 1.19 bits per heavy atom. The Hall–Kier alpha value is -1.50. The fourth-order valence-electron chi connectivity index (χ4n) is 4.77. The van der Waals surface area contributed by atoms with Crippen LogP contribution >= 0.6 is 0 Å². The lowest BCUT2D eigenvalue weighted by molar-refractivity contribution is 0.463. The van der Waals surface area contributed by atoms with E-state index in [4.69, 9.17) is 0 Å². The lowest BCUT2D eigenvalue weighted by Gasteiger charge is -2.23. The molecule has 148 valence electrons. The van der Waals surface area contributed by atoms with Crippen LogP contribution in [0.15, 0.2) is 42.5 Å². The topological polar surface area (TPSA) is 12.0 Å².